The van der Waals surface area contributed by atoms with E-state index in [1.807, 2.05) is 0 Å². The molecule has 0 aliphatic heterocycles. The topological polar surface area (TPSA) is 26.3 Å². The average Bonchev–Trinajstić information content (AvgIpc) is 3.77. The van der Waals surface area contributed by atoms with Crippen molar-refractivity contribution < 1.29 is 8.83 Å². The lowest BCUT2D eigenvalue weighted by molar-refractivity contribution is 0.672. The zero-order valence-corrected chi connectivity index (χ0v) is 26.8. The maximum Gasteiger partial charge on any atom is 0.143 e. The summed E-state index contributed by atoms with van der Waals surface area (Å²) in [4.78, 5) is 0. The summed E-state index contributed by atoms with van der Waals surface area (Å²) in [6.45, 7) is 0. The van der Waals surface area contributed by atoms with Gasteiger partial charge in [0.05, 0.1) is 0 Å². The SMILES string of the molecule is c1ccc2c(c1)ccc1c2oc2cccc(-c3ccc(-c4ccc5ccc6cccc7ccc4c5c67)c4c3oc3c5ccccc5ccc34)c21. The predicted molar refractivity (Wildman–Crippen MR) is 211 cm³/mol. The molecule has 50 heavy (non-hydrogen) atoms. The lowest BCUT2D eigenvalue weighted by atomic mass is 9.87. The molecule has 230 valence electrons. The zero-order chi connectivity index (χ0) is 32.5. The monoisotopic (exact) mass is 634 g/mol. The van der Waals surface area contributed by atoms with Crippen LogP contribution in [-0.2, 0) is 0 Å². The molecule has 0 N–H and O–H groups in total. The third kappa shape index (κ3) is 3.37. The Kier molecular flexibility index (Phi) is 5.00. The van der Waals surface area contributed by atoms with Crippen LogP contribution >= 0.6 is 0 Å². The van der Waals surface area contributed by atoms with E-state index in [-0.39, 0.29) is 0 Å². The van der Waals surface area contributed by atoms with Crippen molar-refractivity contribution in [1.29, 1.82) is 0 Å². The van der Waals surface area contributed by atoms with Gasteiger partial charge in [-0.15, -0.1) is 0 Å². The fourth-order valence-electron chi connectivity index (χ4n) is 8.79. The second kappa shape index (κ2) is 9.49. The summed E-state index contributed by atoms with van der Waals surface area (Å²) in [5, 5.41) is 16.7. The Morgan fingerprint density at radius 1 is 0.240 bits per heavy atom. The van der Waals surface area contributed by atoms with Gasteiger partial charge in [-0.25, -0.2) is 0 Å². The maximum atomic E-state index is 7.12. The highest BCUT2D eigenvalue weighted by Crippen LogP contribution is 2.48. The molecule has 0 unspecified atom stereocenters. The lowest BCUT2D eigenvalue weighted by Crippen LogP contribution is -1.89. The molecular weight excluding hydrogens is 609 g/mol. The largest absolute Gasteiger partial charge is 0.455 e. The molecule has 10 aromatic carbocycles. The van der Waals surface area contributed by atoms with Crippen LogP contribution in [-0.4, -0.2) is 0 Å². The molecule has 0 bridgehead atoms. The van der Waals surface area contributed by atoms with Crippen LogP contribution in [0.15, 0.2) is 167 Å². The Balaban J connectivity index is 1.22. The lowest BCUT2D eigenvalue weighted by Gasteiger charge is -2.15. The summed E-state index contributed by atoms with van der Waals surface area (Å²) in [6, 6.07) is 57.0. The molecule has 0 aliphatic carbocycles. The molecule has 2 heterocycles. The van der Waals surface area contributed by atoms with E-state index in [4.69, 9.17) is 8.83 Å². The third-order valence-corrected chi connectivity index (χ3v) is 11.0. The van der Waals surface area contributed by atoms with Crippen LogP contribution in [0, 0.1) is 0 Å². The van der Waals surface area contributed by atoms with E-state index in [1.54, 1.807) is 0 Å². The first-order valence-corrected chi connectivity index (χ1v) is 17.2. The number of hydrogen-bond acceptors (Lipinski definition) is 2. The van der Waals surface area contributed by atoms with Gasteiger partial charge in [-0.1, -0.05) is 133 Å². The first-order valence-electron chi connectivity index (χ1n) is 17.2. The van der Waals surface area contributed by atoms with Gasteiger partial charge in [0, 0.05) is 37.9 Å². The molecule has 2 heteroatoms. The summed E-state index contributed by atoms with van der Waals surface area (Å²) < 4.78 is 13.7. The summed E-state index contributed by atoms with van der Waals surface area (Å²) in [5.41, 5.74) is 8.14. The van der Waals surface area contributed by atoms with Crippen molar-refractivity contribution in [2.24, 2.45) is 0 Å². The van der Waals surface area contributed by atoms with Crippen LogP contribution in [0.5, 0.6) is 0 Å². The van der Waals surface area contributed by atoms with Gasteiger partial charge in [-0.2, -0.15) is 0 Å². The summed E-state index contributed by atoms with van der Waals surface area (Å²) in [5.74, 6) is 0. The Hall–Kier alpha value is -6.64. The number of furan rings is 2. The van der Waals surface area contributed by atoms with E-state index in [9.17, 15) is 0 Å². The molecule has 12 aromatic rings. The quantitative estimate of drug-likeness (QED) is 0.177. The van der Waals surface area contributed by atoms with Gasteiger partial charge in [0.25, 0.3) is 0 Å². The van der Waals surface area contributed by atoms with Crippen molar-refractivity contribution in [3.63, 3.8) is 0 Å². The summed E-state index contributed by atoms with van der Waals surface area (Å²) in [7, 11) is 0. The number of rotatable bonds is 2. The Morgan fingerprint density at radius 2 is 0.760 bits per heavy atom. The minimum Gasteiger partial charge on any atom is -0.455 e. The van der Waals surface area contributed by atoms with E-state index in [1.165, 1.54) is 54.2 Å². The van der Waals surface area contributed by atoms with Gasteiger partial charge >= 0.3 is 0 Å². The van der Waals surface area contributed by atoms with Crippen LogP contribution < -0.4 is 0 Å². The summed E-state index contributed by atoms with van der Waals surface area (Å²) in [6.07, 6.45) is 0. The number of hydrogen-bond donors (Lipinski definition) is 0. The number of fused-ring (bicyclic) bond motifs is 10. The minimum atomic E-state index is 0.874. The van der Waals surface area contributed by atoms with Gasteiger partial charge in [0.2, 0.25) is 0 Å². The molecule has 0 aliphatic rings. The molecule has 0 amide bonds. The molecule has 2 nitrogen and oxygen atoms in total. The highest BCUT2D eigenvalue weighted by atomic mass is 16.3. The van der Waals surface area contributed by atoms with E-state index >= 15 is 0 Å². The van der Waals surface area contributed by atoms with Crippen LogP contribution in [0.2, 0.25) is 0 Å². The van der Waals surface area contributed by atoms with Gasteiger partial charge in [-0.05, 0) is 84.0 Å². The van der Waals surface area contributed by atoms with E-state index in [0.717, 1.165) is 65.8 Å². The fourth-order valence-corrected chi connectivity index (χ4v) is 8.79. The Morgan fingerprint density at radius 3 is 1.54 bits per heavy atom. The Bertz CT molecular complexity index is 3360. The zero-order valence-electron chi connectivity index (χ0n) is 26.8. The van der Waals surface area contributed by atoms with Gasteiger partial charge < -0.3 is 8.83 Å². The molecule has 0 fully saturated rings. The van der Waals surface area contributed by atoms with Crippen LogP contribution in [0.25, 0.3) is 120 Å². The van der Waals surface area contributed by atoms with Crippen molar-refractivity contribution in [2.45, 2.75) is 0 Å². The second-order valence-electron chi connectivity index (χ2n) is 13.5. The van der Waals surface area contributed by atoms with E-state index in [0.29, 0.717) is 0 Å². The van der Waals surface area contributed by atoms with Crippen molar-refractivity contribution >= 4 is 97.7 Å². The first-order chi connectivity index (χ1) is 24.8. The summed E-state index contributed by atoms with van der Waals surface area (Å²) >= 11 is 0. The molecule has 0 saturated carbocycles. The molecule has 0 radical (unpaired) electrons. The smallest absolute Gasteiger partial charge is 0.143 e. The van der Waals surface area contributed by atoms with Crippen LogP contribution in [0.1, 0.15) is 0 Å². The highest BCUT2D eigenvalue weighted by Gasteiger charge is 2.23. The molecule has 2 aromatic heterocycles. The van der Waals surface area contributed by atoms with Crippen molar-refractivity contribution in [3.8, 4) is 22.3 Å². The third-order valence-electron chi connectivity index (χ3n) is 11.0. The minimum absolute atomic E-state index is 0.874. The fraction of sp³-hybridized carbons (Fsp3) is 0. The molecular formula is C48H26O2. The van der Waals surface area contributed by atoms with Crippen LogP contribution in [0.4, 0.5) is 0 Å². The molecule has 0 atom stereocenters. The van der Waals surface area contributed by atoms with E-state index < -0.39 is 0 Å². The van der Waals surface area contributed by atoms with Crippen molar-refractivity contribution in [1.82, 2.24) is 0 Å². The molecule has 0 saturated heterocycles. The first kappa shape index (κ1) is 26.3. The number of benzene rings is 10. The molecule has 0 spiro atoms. The predicted octanol–water partition coefficient (Wildman–Crippen LogP) is 14.0. The van der Waals surface area contributed by atoms with E-state index in [2.05, 4.69) is 158 Å². The van der Waals surface area contributed by atoms with Gasteiger partial charge in [0.15, 0.2) is 0 Å². The van der Waals surface area contributed by atoms with Gasteiger partial charge in [0.1, 0.15) is 22.3 Å². The van der Waals surface area contributed by atoms with Gasteiger partial charge in [-0.3, -0.25) is 0 Å². The average molecular weight is 635 g/mol. The standard InChI is InChI=1S/C48H26O2/c1-3-11-32-27(7-1)17-23-39-44-35(13-6-14-41(44)49-46(32)39)38-26-25-37(45-40-24-18-28-8-2-4-12-33(28)47(40)50-48(38)45)34-21-19-31-16-15-29-9-5-10-30-20-22-36(34)43(31)42(29)30/h1-26H. The second-order valence-corrected chi connectivity index (χ2v) is 13.5. The van der Waals surface area contributed by atoms with Crippen molar-refractivity contribution in [2.75, 3.05) is 0 Å². The van der Waals surface area contributed by atoms with Crippen molar-refractivity contribution in [3.05, 3.63) is 158 Å². The normalized spacial score (nSPS) is 12.4. The Labute approximate surface area is 285 Å². The maximum absolute atomic E-state index is 7.12. The van der Waals surface area contributed by atoms with Crippen LogP contribution in [0.3, 0.4) is 0 Å². The molecule has 12 rings (SSSR count). The highest BCUT2D eigenvalue weighted by molar-refractivity contribution is 6.29.